The average molecular weight is 426 g/mol. The zero-order chi connectivity index (χ0) is 21.4. The highest BCUT2D eigenvalue weighted by molar-refractivity contribution is 5.87. The number of alkyl halides is 3. The number of hydrogen-bond acceptors (Lipinski definition) is 6. The average Bonchev–Trinajstić information content (AvgIpc) is 3.41. The van der Waals surface area contributed by atoms with Gasteiger partial charge in [0.05, 0.1) is 29.4 Å². The molecule has 1 atom stereocenters. The molecule has 4 heterocycles. The number of rotatable bonds is 4. The molecule has 0 spiro atoms. The lowest BCUT2D eigenvalue weighted by Crippen LogP contribution is -2.25. The molecule has 0 radical (unpaired) electrons. The lowest BCUT2D eigenvalue weighted by atomic mass is 10.3. The van der Waals surface area contributed by atoms with Crippen LogP contribution in [-0.2, 0) is 6.18 Å². The van der Waals surface area contributed by atoms with Gasteiger partial charge in [-0.3, -0.25) is 0 Å². The Kier molecular flexibility index (Phi) is 4.68. The van der Waals surface area contributed by atoms with Crippen LogP contribution >= 0.6 is 0 Å². The fourth-order valence-electron chi connectivity index (χ4n) is 3.65. The van der Waals surface area contributed by atoms with Crippen molar-refractivity contribution < 1.29 is 17.9 Å². The maximum Gasteiger partial charge on any atom is 0.417 e. The zero-order valence-corrected chi connectivity index (χ0v) is 16.2. The standard InChI is InChI=1S/C21H17F3N6O/c22-21(23,24)14-6-7-18(25-10-14)31-16-8-9-29(12-16)19-17-11-28-30(20(17)27-13-26-19)15-4-2-1-3-5-15/h1-7,10-11,13,16H,8-9,12H2. The quantitative estimate of drug-likeness (QED) is 0.493. The Hall–Kier alpha value is -3.69. The molecule has 1 aromatic carbocycles. The second-order valence-corrected chi connectivity index (χ2v) is 7.18. The van der Waals surface area contributed by atoms with Crippen molar-refractivity contribution in [3.05, 3.63) is 66.7 Å². The highest BCUT2D eigenvalue weighted by Crippen LogP contribution is 2.31. The fourth-order valence-corrected chi connectivity index (χ4v) is 3.65. The van der Waals surface area contributed by atoms with Gasteiger partial charge in [-0.05, 0) is 18.2 Å². The molecule has 0 bridgehead atoms. The molecule has 5 rings (SSSR count). The number of para-hydroxylation sites is 1. The third-order valence-electron chi connectivity index (χ3n) is 5.14. The monoisotopic (exact) mass is 426 g/mol. The van der Waals surface area contributed by atoms with Gasteiger partial charge in [-0.25, -0.2) is 19.6 Å². The summed E-state index contributed by atoms with van der Waals surface area (Å²) in [7, 11) is 0. The van der Waals surface area contributed by atoms with Crippen LogP contribution in [-0.4, -0.2) is 43.9 Å². The lowest BCUT2D eigenvalue weighted by Gasteiger charge is -2.18. The molecule has 4 aromatic rings. The smallest absolute Gasteiger partial charge is 0.417 e. The number of halogens is 3. The molecule has 1 unspecified atom stereocenters. The van der Waals surface area contributed by atoms with Gasteiger partial charge in [0.25, 0.3) is 0 Å². The Bertz CT molecular complexity index is 1190. The number of nitrogens with zero attached hydrogens (tertiary/aromatic N) is 6. The first kappa shape index (κ1) is 19.3. The van der Waals surface area contributed by atoms with Crippen LogP contribution in [0.25, 0.3) is 16.7 Å². The van der Waals surface area contributed by atoms with Crippen molar-refractivity contribution in [2.75, 3.05) is 18.0 Å². The largest absolute Gasteiger partial charge is 0.472 e. The van der Waals surface area contributed by atoms with E-state index in [1.54, 1.807) is 10.9 Å². The van der Waals surface area contributed by atoms with E-state index in [1.807, 2.05) is 30.3 Å². The van der Waals surface area contributed by atoms with Gasteiger partial charge in [0.2, 0.25) is 5.88 Å². The van der Waals surface area contributed by atoms with Gasteiger partial charge in [-0.1, -0.05) is 18.2 Å². The normalized spacial score (nSPS) is 16.7. The topological polar surface area (TPSA) is 69.0 Å². The summed E-state index contributed by atoms with van der Waals surface area (Å²) in [5, 5.41) is 5.29. The van der Waals surface area contributed by atoms with Crippen molar-refractivity contribution in [2.24, 2.45) is 0 Å². The van der Waals surface area contributed by atoms with Crippen molar-refractivity contribution in [3.63, 3.8) is 0 Å². The Morgan fingerprint density at radius 3 is 2.55 bits per heavy atom. The maximum absolute atomic E-state index is 12.7. The molecule has 158 valence electrons. The van der Waals surface area contributed by atoms with E-state index in [0.717, 1.165) is 29.2 Å². The van der Waals surface area contributed by atoms with E-state index >= 15 is 0 Å². The van der Waals surface area contributed by atoms with Crippen molar-refractivity contribution >= 4 is 16.9 Å². The van der Waals surface area contributed by atoms with Crippen molar-refractivity contribution in [3.8, 4) is 11.6 Å². The summed E-state index contributed by atoms with van der Waals surface area (Å²) < 4.78 is 45.6. The highest BCUT2D eigenvalue weighted by atomic mass is 19.4. The number of fused-ring (bicyclic) bond motifs is 1. The molecule has 1 aliphatic rings. The predicted octanol–water partition coefficient (Wildman–Crippen LogP) is 3.89. The number of ether oxygens (including phenoxy) is 1. The first-order valence-corrected chi connectivity index (χ1v) is 9.68. The summed E-state index contributed by atoms with van der Waals surface area (Å²) >= 11 is 0. The summed E-state index contributed by atoms with van der Waals surface area (Å²) in [6.07, 6.45) is 0.0967. The van der Waals surface area contributed by atoms with Crippen LogP contribution in [0.3, 0.4) is 0 Å². The molecule has 0 aliphatic carbocycles. The van der Waals surface area contributed by atoms with Gasteiger partial charge in [-0.15, -0.1) is 0 Å². The molecule has 3 aromatic heterocycles. The van der Waals surface area contributed by atoms with Gasteiger partial charge in [-0.2, -0.15) is 18.3 Å². The Morgan fingerprint density at radius 1 is 0.968 bits per heavy atom. The second kappa shape index (κ2) is 7.53. The molecule has 0 saturated carbocycles. The molecular weight excluding hydrogens is 409 g/mol. The predicted molar refractivity (Wildman–Crippen MR) is 107 cm³/mol. The third kappa shape index (κ3) is 3.76. The molecule has 0 N–H and O–H groups in total. The third-order valence-corrected chi connectivity index (χ3v) is 5.14. The van der Waals surface area contributed by atoms with Crippen LogP contribution in [0.15, 0.2) is 61.2 Å². The summed E-state index contributed by atoms with van der Waals surface area (Å²) in [6.45, 7) is 1.22. The molecule has 0 amide bonds. The molecule has 10 heteroatoms. The van der Waals surface area contributed by atoms with Crippen molar-refractivity contribution in [1.82, 2.24) is 24.7 Å². The Balaban J connectivity index is 1.34. The number of anilines is 1. The van der Waals surface area contributed by atoms with Crippen molar-refractivity contribution in [2.45, 2.75) is 18.7 Å². The van der Waals surface area contributed by atoms with E-state index in [4.69, 9.17) is 4.74 Å². The lowest BCUT2D eigenvalue weighted by molar-refractivity contribution is -0.137. The van der Waals surface area contributed by atoms with Crippen LogP contribution in [0.2, 0.25) is 0 Å². The van der Waals surface area contributed by atoms with E-state index in [0.29, 0.717) is 25.2 Å². The van der Waals surface area contributed by atoms with Crippen LogP contribution in [0, 0.1) is 0 Å². The van der Waals surface area contributed by atoms with Crippen LogP contribution in [0.5, 0.6) is 5.88 Å². The first-order chi connectivity index (χ1) is 15.0. The molecule has 31 heavy (non-hydrogen) atoms. The summed E-state index contributed by atoms with van der Waals surface area (Å²) in [4.78, 5) is 14.7. The van der Waals surface area contributed by atoms with Gasteiger partial charge >= 0.3 is 6.18 Å². The number of benzene rings is 1. The van der Waals surface area contributed by atoms with Crippen LogP contribution in [0.1, 0.15) is 12.0 Å². The number of hydrogen-bond donors (Lipinski definition) is 0. The SMILES string of the molecule is FC(F)(F)c1ccc(OC2CCN(c3ncnc4c3cnn4-c3ccccc3)C2)nc1. The summed E-state index contributed by atoms with van der Waals surface area (Å²) in [5.41, 5.74) is 0.801. The summed E-state index contributed by atoms with van der Waals surface area (Å²) in [6, 6.07) is 11.9. The second-order valence-electron chi connectivity index (χ2n) is 7.18. The molecule has 1 fully saturated rings. The number of pyridine rings is 1. The molecule has 1 aliphatic heterocycles. The van der Waals surface area contributed by atoms with E-state index in [1.165, 1.54) is 12.4 Å². The van der Waals surface area contributed by atoms with Crippen molar-refractivity contribution in [1.29, 1.82) is 0 Å². The van der Waals surface area contributed by atoms with Gasteiger partial charge < -0.3 is 9.64 Å². The Morgan fingerprint density at radius 2 is 1.81 bits per heavy atom. The zero-order valence-electron chi connectivity index (χ0n) is 16.2. The van der Waals surface area contributed by atoms with Gasteiger partial charge in [0.1, 0.15) is 18.2 Å². The van der Waals surface area contributed by atoms with Crippen LogP contribution < -0.4 is 9.64 Å². The molecular formula is C21H17F3N6O. The first-order valence-electron chi connectivity index (χ1n) is 9.68. The van der Waals surface area contributed by atoms with E-state index in [-0.39, 0.29) is 12.0 Å². The van der Waals surface area contributed by atoms with Gasteiger partial charge in [0.15, 0.2) is 5.65 Å². The molecule has 1 saturated heterocycles. The highest BCUT2D eigenvalue weighted by Gasteiger charge is 2.31. The number of aromatic nitrogens is 5. The Labute approximate surface area is 175 Å². The minimum atomic E-state index is -4.42. The minimum absolute atomic E-state index is 0.171. The van der Waals surface area contributed by atoms with Crippen LogP contribution in [0.4, 0.5) is 19.0 Å². The minimum Gasteiger partial charge on any atom is -0.472 e. The molecule has 7 nitrogen and oxygen atoms in total. The maximum atomic E-state index is 12.7. The van der Waals surface area contributed by atoms with E-state index < -0.39 is 11.7 Å². The summed E-state index contributed by atoms with van der Waals surface area (Å²) in [5.74, 6) is 0.920. The van der Waals surface area contributed by atoms with E-state index in [2.05, 4.69) is 25.0 Å². The van der Waals surface area contributed by atoms with Gasteiger partial charge in [0, 0.05) is 25.2 Å². The van der Waals surface area contributed by atoms with E-state index in [9.17, 15) is 13.2 Å². The fraction of sp³-hybridized carbons (Fsp3) is 0.238.